The van der Waals surface area contributed by atoms with Crippen molar-refractivity contribution in [3.63, 3.8) is 0 Å². The zero-order chi connectivity index (χ0) is 12.8. The summed E-state index contributed by atoms with van der Waals surface area (Å²) in [5.74, 6) is 2.63. The summed E-state index contributed by atoms with van der Waals surface area (Å²) < 4.78 is 0. The summed E-state index contributed by atoms with van der Waals surface area (Å²) in [6.07, 6.45) is 1.35. The molecule has 0 bridgehead atoms. The van der Waals surface area contributed by atoms with Crippen LogP contribution in [0.25, 0.3) is 0 Å². The van der Waals surface area contributed by atoms with E-state index in [1.807, 2.05) is 0 Å². The average molecular weight is 264 g/mol. The fourth-order valence-corrected chi connectivity index (χ4v) is 3.62. The van der Waals surface area contributed by atoms with Crippen molar-refractivity contribution in [3.05, 3.63) is 35.4 Å². The molecule has 1 aliphatic heterocycles. The van der Waals surface area contributed by atoms with E-state index in [0.717, 1.165) is 25.7 Å². The van der Waals surface area contributed by atoms with Gasteiger partial charge < -0.3 is 5.32 Å². The smallest absolute Gasteiger partial charge is 0.0233 e. The molecule has 0 aromatic heterocycles. The van der Waals surface area contributed by atoms with Gasteiger partial charge in [0.15, 0.2) is 0 Å². The molecule has 2 nitrogen and oxygen atoms in total. The van der Waals surface area contributed by atoms with E-state index >= 15 is 0 Å². The number of thioether (sulfide) groups is 1. The monoisotopic (exact) mass is 264 g/mol. The van der Waals surface area contributed by atoms with Crippen molar-refractivity contribution >= 4 is 11.8 Å². The highest BCUT2D eigenvalue weighted by Crippen LogP contribution is 2.22. The van der Waals surface area contributed by atoms with Crippen LogP contribution in [-0.4, -0.2) is 36.0 Å². The normalized spacial score (nSPS) is 19.6. The second kappa shape index (κ2) is 7.17. The Hall–Kier alpha value is -0.510. The number of nitrogens with one attached hydrogen (secondary N) is 1. The van der Waals surface area contributed by atoms with Gasteiger partial charge in [-0.15, -0.1) is 0 Å². The van der Waals surface area contributed by atoms with Gasteiger partial charge in [0.05, 0.1) is 0 Å². The third-order valence-electron chi connectivity index (χ3n) is 3.56. The Morgan fingerprint density at radius 3 is 2.61 bits per heavy atom. The maximum atomic E-state index is 3.36. The Balaban J connectivity index is 1.85. The number of nitrogens with zero attached hydrogens (tertiary/aromatic N) is 1. The van der Waals surface area contributed by atoms with Gasteiger partial charge in [-0.25, -0.2) is 0 Å². The molecule has 18 heavy (non-hydrogen) atoms. The minimum absolute atomic E-state index is 0.774. The van der Waals surface area contributed by atoms with Gasteiger partial charge in [0, 0.05) is 24.9 Å². The van der Waals surface area contributed by atoms with E-state index in [4.69, 9.17) is 0 Å². The van der Waals surface area contributed by atoms with Gasteiger partial charge >= 0.3 is 0 Å². The number of rotatable bonds is 6. The predicted molar refractivity (Wildman–Crippen MR) is 81.0 cm³/mol. The third kappa shape index (κ3) is 4.01. The molecule has 0 radical (unpaired) electrons. The van der Waals surface area contributed by atoms with E-state index in [9.17, 15) is 0 Å². The molecule has 1 atom stereocenters. The molecule has 1 aromatic carbocycles. The van der Waals surface area contributed by atoms with Crippen LogP contribution in [0.1, 0.15) is 24.5 Å². The SMILES string of the molecule is CCNCc1ccc(CN(C)C2CCSC2)cc1. The quantitative estimate of drug-likeness (QED) is 0.850. The fraction of sp³-hybridized carbons (Fsp3) is 0.600. The molecule has 2 rings (SSSR count). The minimum atomic E-state index is 0.774. The van der Waals surface area contributed by atoms with Crippen LogP contribution in [0.3, 0.4) is 0 Å². The maximum Gasteiger partial charge on any atom is 0.0233 e. The van der Waals surface area contributed by atoms with Crippen molar-refractivity contribution in [3.8, 4) is 0 Å². The molecule has 100 valence electrons. The first-order valence-corrected chi connectivity index (χ1v) is 8.01. The molecular formula is C15H24N2S. The first kappa shape index (κ1) is 13.9. The van der Waals surface area contributed by atoms with Gasteiger partial charge in [-0.3, -0.25) is 4.90 Å². The Bertz CT molecular complexity index is 344. The van der Waals surface area contributed by atoms with Gasteiger partial charge in [-0.05, 0) is 36.9 Å². The fourth-order valence-electron chi connectivity index (χ4n) is 2.32. The molecule has 3 heteroatoms. The van der Waals surface area contributed by atoms with Crippen LogP contribution in [0, 0.1) is 0 Å². The van der Waals surface area contributed by atoms with E-state index in [-0.39, 0.29) is 0 Å². The first-order chi connectivity index (χ1) is 8.79. The topological polar surface area (TPSA) is 15.3 Å². The van der Waals surface area contributed by atoms with Gasteiger partial charge in [0.2, 0.25) is 0 Å². The summed E-state index contributed by atoms with van der Waals surface area (Å²) in [6, 6.07) is 9.80. The Morgan fingerprint density at radius 2 is 2.00 bits per heavy atom. The second-order valence-corrected chi connectivity index (χ2v) is 6.18. The molecule has 1 aromatic rings. The summed E-state index contributed by atoms with van der Waals surface area (Å²) in [7, 11) is 2.25. The van der Waals surface area contributed by atoms with Crippen LogP contribution >= 0.6 is 11.8 Å². The number of benzene rings is 1. The van der Waals surface area contributed by atoms with E-state index in [1.165, 1.54) is 29.1 Å². The molecule has 1 unspecified atom stereocenters. The minimum Gasteiger partial charge on any atom is -0.313 e. The summed E-state index contributed by atoms with van der Waals surface area (Å²) in [5, 5.41) is 3.36. The summed E-state index contributed by atoms with van der Waals surface area (Å²) in [4.78, 5) is 2.50. The molecule has 0 saturated carbocycles. The van der Waals surface area contributed by atoms with Gasteiger partial charge in [-0.1, -0.05) is 31.2 Å². The van der Waals surface area contributed by atoms with E-state index in [1.54, 1.807) is 0 Å². The molecule has 1 N–H and O–H groups in total. The molecule has 0 spiro atoms. The maximum absolute atomic E-state index is 3.36. The van der Waals surface area contributed by atoms with Gasteiger partial charge in [0.25, 0.3) is 0 Å². The van der Waals surface area contributed by atoms with Crippen molar-refractivity contribution in [2.45, 2.75) is 32.5 Å². The molecule has 1 heterocycles. The molecule has 1 fully saturated rings. The van der Waals surface area contributed by atoms with Crippen LogP contribution < -0.4 is 5.32 Å². The van der Waals surface area contributed by atoms with Crippen LogP contribution in [0.2, 0.25) is 0 Å². The van der Waals surface area contributed by atoms with Gasteiger partial charge in [-0.2, -0.15) is 11.8 Å². The van der Waals surface area contributed by atoms with Crippen molar-refractivity contribution in [2.75, 3.05) is 25.1 Å². The Morgan fingerprint density at radius 1 is 1.28 bits per heavy atom. The standard InChI is InChI=1S/C15H24N2S/c1-3-16-10-13-4-6-14(7-5-13)11-17(2)15-8-9-18-12-15/h4-7,15-16H,3,8-12H2,1-2H3. The highest BCUT2D eigenvalue weighted by Gasteiger charge is 2.19. The second-order valence-electron chi connectivity index (χ2n) is 5.03. The zero-order valence-corrected chi connectivity index (χ0v) is 12.3. The van der Waals surface area contributed by atoms with Gasteiger partial charge in [0.1, 0.15) is 0 Å². The molecule has 0 amide bonds. The zero-order valence-electron chi connectivity index (χ0n) is 11.5. The van der Waals surface area contributed by atoms with Crippen molar-refractivity contribution in [2.24, 2.45) is 0 Å². The van der Waals surface area contributed by atoms with E-state index in [0.29, 0.717) is 0 Å². The summed E-state index contributed by atoms with van der Waals surface area (Å²) in [5.41, 5.74) is 2.80. The predicted octanol–water partition coefficient (Wildman–Crippen LogP) is 2.73. The molecule has 0 aliphatic carbocycles. The molecule has 1 saturated heterocycles. The summed E-state index contributed by atoms with van der Waals surface area (Å²) >= 11 is 2.08. The largest absolute Gasteiger partial charge is 0.313 e. The Labute approximate surface area is 115 Å². The average Bonchev–Trinajstić information content (AvgIpc) is 2.92. The van der Waals surface area contributed by atoms with E-state index in [2.05, 4.69) is 60.2 Å². The highest BCUT2D eigenvalue weighted by atomic mass is 32.2. The third-order valence-corrected chi connectivity index (χ3v) is 4.71. The van der Waals surface area contributed by atoms with Crippen LogP contribution in [0.15, 0.2) is 24.3 Å². The lowest BCUT2D eigenvalue weighted by atomic mass is 10.1. The van der Waals surface area contributed by atoms with Crippen LogP contribution in [0.4, 0.5) is 0 Å². The molecular weight excluding hydrogens is 240 g/mol. The lowest BCUT2D eigenvalue weighted by molar-refractivity contribution is 0.254. The Kier molecular flexibility index (Phi) is 5.54. The van der Waals surface area contributed by atoms with Crippen molar-refractivity contribution in [1.29, 1.82) is 0 Å². The van der Waals surface area contributed by atoms with Crippen LogP contribution in [0.5, 0.6) is 0 Å². The summed E-state index contributed by atoms with van der Waals surface area (Å²) in [6.45, 7) is 5.23. The van der Waals surface area contributed by atoms with Crippen molar-refractivity contribution in [1.82, 2.24) is 10.2 Å². The lowest BCUT2D eigenvalue weighted by Gasteiger charge is -2.23. The van der Waals surface area contributed by atoms with E-state index < -0.39 is 0 Å². The van der Waals surface area contributed by atoms with Crippen molar-refractivity contribution < 1.29 is 0 Å². The number of hydrogen-bond donors (Lipinski definition) is 1. The van der Waals surface area contributed by atoms with Crippen LogP contribution in [-0.2, 0) is 13.1 Å². The highest BCUT2D eigenvalue weighted by molar-refractivity contribution is 7.99. The first-order valence-electron chi connectivity index (χ1n) is 6.86. The number of hydrogen-bond acceptors (Lipinski definition) is 3. The molecule has 1 aliphatic rings. The lowest BCUT2D eigenvalue weighted by Crippen LogP contribution is -2.30.